The number of aryl methyl sites for hydroxylation is 1. The number of aromatic nitrogens is 4. The minimum atomic E-state index is 0.543. The maximum absolute atomic E-state index is 5.99. The van der Waals surface area contributed by atoms with E-state index < -0.39 is 0 Å². The molecule has 0 saturated heterocycles. The topological polar surface area (TPSA) is 69.6 Å². The first-order chi connectivity index (χ1) is 8.74. The third-order valence-corrected chi connectivity index (χ3v) is 3.77. The molecule has 3 rings (SSSR count). The summed E-state index contributed by atoms with van der Waals surface area (Å²) in [6.07, 6.45) is 8.36. The summed E-state index contributed by atoms with van der Waals surface area (Å²) in [6.45, 7) is 2.88. The van der Waals surface area contributed by atoms with Gasteiger partial charge in [-0.15, -0.1) is 0 Å². The Morgan fingerprint density at radius 1 is 1.28 bits per heavy atom. The van der Waals surface area contributed by atoms with Gasteiger partial charge in [0.15, 0.2) is 11.3 Å². The Kier molecular flexibility index (Phi) is 2.89. The number of nitrogen functional groups attached to an aromatic ring is 1. The first-order valence-electron chi connectivity index (χ1n) is 6.69. The van der Waals surface area contributed by atoms with Crippen molar-refractivity contribution in [3.8, 4) is 0 Å². The molecule has 2 heterocycles. The Bertz CT molecular complexity index is 554. The van der Waals surface area contributed by atoms with E-state index in [1.165, 1.54) is 32.1 Å². The van der Waals surface area contributed by atoms with Gasteiger partial charge in [0.1, 0.15) is 0 Å². The summed E-state index contributed by atoms with van der Waals surface area (Å²) in [5.41, 5.74) is 8.39. The van der Waals surface area contributed by atoms with Crippen LogP contribution in [0.25, 0.3) is 11.3 Å². The molecule has 0 amide bonds. The number of hydrogen-bond acceptors (Lipinski definition) is 4. The fourth-order valence-electron chi connectivity index (χ4n) is 2.80. The second kappa shape index (κ2) is 4.55. The highest BCUT2D eigenvalue weighted by atomic mass is 15.2. The molecule has 0 atom stereocenters. The summed E-state index contributed by atoms with van der Waals surface area (Å²) in [5, 5.41) is 0. The quantitative estimate of drug-likeness (QED) is 0.881. The molecule has 1 aliphatic carbocycles. The summed E-state index contributed by atoms with van der Waals surface area (Å²) in [7, 11) is 0. The molecule has 0 aliphatic heterocycles. The zero-order valence-corrected chi connectivity index (χ0v) is 10.8. The van der Waals surface area contributed by atoms with E-state index in [4.69, 9.17) is 5.73 Å². The maximum Gasteiger partial charge on any atom is 0.203 e. The lowest BCUT2D eigenvalue weighted by Crippen LogP contribution is -2.16. The van der Waals surface area contributed by atoms with Crippen LogP contribution in [0.15, 0.2) is 6.20 Å². The predicted molar refractivity (Wildman–Crippen MR) is 71.0 cm³/mol. The van der Waals surface area contributed by atoms with Crippen LogP contribution in [-0.4, -0.2) is 19.5 Å². The molecule has 5 nitrogen and oxygen atoms in total. The molecule has 0 spiro atoms. The number of anilines is 1. The Balaban J connectivity index is 1.94. The molecular weight excluding hydrogens is 226 g/mol. The second-order valence-electron chi connectivity index (χ2n) is 5.24. The van der Waals surface area contributed by atoms with Crippen molar-refractivity contribution in [3.05, 3.63) is 11.9 Å². The summed E-state index contributed by atoms with van der Waals surface area (Å²) >= 11 is 0. The van der Waals surface area contributed by atoms with Crippen LogP contribution in [0, 0.1) is 12.8 Å². The number of nitrogens with zero attached hydrogens (tertiary/aromatic N) is 4. The average Bonchev–Trinajstić information content (AvgIpc) is 2.67. The van der Waals surface area contributed by atoms with E-state index in [9.17, 15) is 0 Å². The van der Waals surface area contributed by atoms with E-state index in [0.717, 1.165) is 17.9 Å². The molecule has 1 fully saturated rings. The fourth-order valence-corrected chi connectivity index (χ4v) is 2.80. The van der Waals surface area contributed by atoms with Crippen LogP contribution < -0.4 is 5.73 Å². The number of hydrogen-bond donors (Lipinski definition) is 1. The molecule has 2 aromatic heterocycles. The van der Waals surface area contributed by atoms with Gasteiger partial charge in [0.25, 0.3) is 0 Å². The molecule has 0 aromatic carbocycles. The van der Waals surface area contributed by atoms with Crippen molar-refractivity contribution in [2.24, 2.45) is 5.92 Å². The lowest BCUT2D eigenvalue weighted by molar-refractivity contribution is 0.323. The van der Waals surface area contributed by atoms with Gasteiger partial charge < -0.3 is 5.73 Å². The van der Waals surface area contributed by atoms with Gasteiger partial charge in [0.2, 0.25) is 5.95 Å². The SMILES string of the molecule is Cc1cnc2nc(N)n(CC3CCCCC3)c2n1. The number of nitrogens with two attached hydrogens (primary N) is 1. The van der Waals surface area contributed by atoms with Crippen LogP contribution >= 0.6 is 0 Å². The molecule has 0 radical (unpaired) electrons. The van der Waals surface area contributed by atoms with Gasteiger partial charge >= 0.3 is 0 Å². The Morgan fingerprint density at radius 3 is 2.83 bits per heavy atom. The van der Waals surface area contributed by atoms with Gasteiger partial charge in [-0.05, 0) is 25.7 Å². The molecule has 96 valence electrons. The van der Waals surface area contributed by atoms with Gasteiger partial charge in [0.05, 0.1) is 11.9 Å². The van der Waals surface area contributed by atoms with Crippen LogP contribution in [0.4, 0.5) is 5.95 Å². The number of rotatable bonds is 2. The first kappa shape index (κ1) is 11.4. The fraction of sp³-hybridized carbons (Fsp3) is 0.615. The summed E-state index contributed by atoms with van der Waals surface area (Å²) in [4.78, 5) is 13.1. The van der Waals surface area contributed by atoms with Crippen molar-refractivity contribution < 1.29 is 0 Å². The van der Waals surface area contributed by atoms with Gasteiger partial charge in [-0.1, -0.05) is 19.3 Å². The van der Waals surface area contributed by atoms with Crippen molar-refractivity contribution in [1.82, 2.24) is 19.5 Å². The Hall–Kier alpha value is -1.65. The molecule has 18 heavy (non-hydrogen) atoms. The summed E-state index contributed by atoms with van der Waals surface area (Å²) < 4.78 is 2.03. The zero-order chi connectivity index (χ0) is 12.5. The van der Waals surface area contributed by atoms with E-state index in [-0.39, 0.29) is 0 Å². The van der Waals surface area contributed by atoms with Gasteiger partial charge in [-0.25, -0.2) is 9.97 Å². The highest BCUT2D eigenvalue weighted by Gasteiger charge is 2.18. The highest BCUT2D eigenvalue weighted by Crippen LogP contribution is 2.27. The zero-order valence-electron chi connectivity index (χ0n) is 10.8. The summed E-state index contributed by atoms with van der Waals surface area (Å²) in [6, 6.07) is 0. The van der Waals surface area contributed by atoms with Crippen molar-refractivity contribution in [3.63, 3.8) is 0 Å². The van der Waals surface area contributed by atoms with E-state index in [1.807, 2.05) is 11.5 Å². The Morgan fingerprint density at radius 2 is 2.06 bits per heavy atom. The normalized spacial score (nSPS) is 17.4. The van der Waals surface area contributed by atoms with Gasteiger partial charge in [-0.3, -0.25) is 4.57 Å². The lowest BCUT2D eigenvalue weighted by Gasteiger charge is -2.22. The lowest BCUT2D eigenvalue weighted by atomic mass is 9.89. The first-order valence-corrected chi connectivity index (χ1v) is 6.69. The molecule has 2 aromatic rings. The average molecular weight is 245 g/mol. The maximum atomic E-state index is 5.99. The Labute approximate surface area is 106 Å². The van der Waals surface area contributed by atoms with Crippen molar-refractivity contribution in [2.75, 3.05) is 5.73 Å². The minimum absolute atomic E-state index is 0.543. The van der Waals surface area contributed by atoms with Crippen LogP contribution in [0.1, 0.15) is 37.8 Å². The van der Waals surface area contributed by atoms with Gasteiger partial charge in [-0.2, -0.15) is 4.98 Å². The largest absolute Gasteiger partial charge is 0.369 e. The third kappa shape index (κ3) is 2.05. The van der Waals surface area contributed by atoms with E-state index in [2.05, 4.69) is 15.0 Å². The molecule has 1 saturated carbocycles. The van der Waals surface area contributed by atoms with Crippen LogP contribution in [0.3, 0.4) is 0 Å². The van der Waals surface area contributed by atoms with Crippen molar-refractivity contribution in [1.29, 1.82) is 0 Å². The molecule has 0 unspecified atom stereocenters. The third-order valence-electron chi connectivity index (χ3n) is 3.77. The van der Waals surface area contributed by atoms with E-state index >= 15 is 0 Å². The van der Waals surface area contributed by atoms with Crippen molar-refractivity contribution in [2.45, 2.75) is 45.6 Å². The number of fused-ring (bicyclic) bond motifs is 1. The molecule has 2 N–H and O–H groups in total. The van der Waals surface area contributed by atoms with E-state index in [0.29, 0.717) is 17.5 Å². The second-order valence-corrected chi connectivity index (χ2v) is 5.24. The smallest absolute Gasteiger partial charge is 0.203 e. The molecular formula is C13H19N5. The highest BCUT2D eigenvalue weighted by molar-refractivity contribution is 5.69. The summed E-state index contributed by atoms with van der Waals surface area (Å²) in [5.74, 6) is 1.25. The number of imidazole rings is 1. The monoisotopic (exact) mass is 245 g/mol. The predicted octanol–water partition coefficient (Wildman–Crippen LogP) is 2.30. The molecule has 5 heteroatoms. The molecule has 0 bridgehead atoms. The van der Waals surface area contributed by atoms with Crippen LogP contribution in [0.5, 0.6) is 0 Å². The van der Waals surface area contributed by atoms with Gasteiger partial charge in [0, 0.05) is 6.54 Å². The standard InChI is InChI=1S/C13H19N5/c1-9-7-15-11-12(16-9)18(13(14)17-11)8-10-5-3-2-4-6-10/h7,10H,2-6,8H2,1H3,(H2,14,15,17). The van der Waals surface area contributed by atoms with E-state index in [1.54, 1.807) is 6.20 Å². The van der Waals surface area contributed by atoms with Crippen LogP contribution in [-0.2, 0) is 6.54 Å². The van der Waals surface area contributed by atoms with Crippen LogP contribution in [0.2, 0.25) is 0 Å². The molecule has 1 aliphatic rings. The van der Waals surface area contributed by atoms with Crippen molar-refractivity contribution >= 4 is 17.2 Å². The minimum Gasteiger partial charge on any atom is -0.369 e.